The van der Waals surface area contributed by atoms with Gasteiger partial charge in [-0.1, -0.05) is 18.9 Å². The summed E-state index contributed by atoms with van der Waals surface area (Å²) in [6, 6.07) is 3.31. The van der Waals surface area contributed by atoms with E-state index in [-0.39, 0.29) is 18.2 Å². The highest BCUT2D eigenvalue weighted by Gasteiger charge is 2.26. The van der Waals surface area contributed by atoms with Gasteiger partial charge in [0.2, 0.25) is 5.91 Å². The van der Waals surface area contributed by atoms with Crippen LogP contribution in [0, 0.1) is 0 Å². The van der Waals surface area contributed by atoms with Crippen LogP contribution >= 0.6 is 11.3 Å². The maximum atomic E-state index is 12.5. The number of amides is 2. The Morgan fingerprint density at radius 3 is 2.48 bits per heavy atom. The normalized spacial score (nSPS) is 17.3. The summed E-state index contributed by atoms with van der Waals surface area (Å²) in [6.07, 6.45) is 3.48. The second kappa shape index (κ2) is 9.56. The van der Waals surface area contributed by atoms with E-state index in [2.05, 4.69) is 5.32 Å². The van der Waals surface area contributed by atoms with Crippen molar-refractivity contribution in [3.63, 3.8) is 0 Å². The lowest BCUT2D eigenvalue weighted by Gasteiger charge is -2.24. The molecule has 2 amide bonds. The quantitative estimate of drug-likeness (QED) is 0.786. The van der Waals surface area contributed by atoms with Crippen molar-refractivity contribution in [2.75, 3.05) is 13.1 Å². The van der Waals surface area contributed by atoms with E-state index in [0.29, 0.717) is 0 Å². The fraction of sp³-hybridized carbons (Fsp3) is 0.611. The van der Waals surface area contributed by atoms with Crippen molar-refractivity contribution in [3.8, 4) is 0 Å². The predicted octanol–water partition coefficient (Wildman–Crippen LogP) is 2.65. The SMILES string of the molecule is CC(=O)N[C@H](CC(=O)O[C@@H](C)C(=O)N1CCCCCC1)c1cccs1. The summed E-state index contributed by atoms with van der Waals surface area (Å²) in [5.74, 6) is -0.829. The summed E-state index contributed by atoms with van der Waals surface area (Å²) < 4.78 is 5.34. The van der Waals surface area contributed by atoms with Crippen LogP contribution in [0.3, 0.4) is 0 Å². The number of nitrogens with one attached hydrogen (secondary N) is 1. The van der Waals surface area contributed by atoms with E-state index in [1.54, 1.807) is 11.8 Å². The van der Waals surface area contributed by atoms with E-state index in [1.165, 1.54) is 18.3 Å². The van der Waals surface area contributed by atoms with E-state index < -0.39 is 18.1 Å². The molecule has 0 spiro atoms. The van der Waals surface area contributed by atoms with E-state index in [0.717, 1.165) is 43.6 Å². The van der Waals surface area contributed by atoms with Crippen molar-refractivity contribution in [1.29, 1.82) is 0 Å². The Hall–Kier alpha value is -1.89. The number of rotatable bonds is 6. The number of likely N-dealkylation sites (tertiary alicyclic amines) is 1. The van der Waals surface area contributed by atoms with Crippen LogP contribution in [0.1, 0.15) is 56.9 Å². The molecule has 1 fully saturated rings. The number of carbonyl (C=O) groups is 3. The van der Waals surface area contributed by atoms with Gasteiger partial charge in [-0.15, -0.1) is 11.3 Å². The van der Waals surface area contributed by atoms with E-state index >= 15 is 0 Å². The van der Waals surface area contributed by atoms with Crippen molar-refractivity contribution in [1.82, 2.24) is 10.2 Å². The first-order valence-electron chi connectivity index (χ1n) is 8.76. The first kappa shape index (κ1) is 19.4. The number of thiophene rings is 1. The average molecular weight is 366 g/mol. The fourth-order valence-corrected chi connectivity index (χ4v) is 3.75. The molecule has 2 rings (SSSR count). The Labute approximate surface area is 152 Å². The molecule has 25 heavy (non-hydrogen) atoms. The van der Waals surface area contributed by atoms with Crippen molar-refractivity contribution in [3.05, 3.63) is 22.4 Å². The molecule has 2 heterocycles. The van der Waals surface area contributed by atoms with E-state index in [4.69, 9.17) is 4.74 Å². The summed E-state index contributed by atoms with van der Waals surface area (Å²) in [6.45, 7) is 4.48. The molecule has 7 heteroatoms. The number of nitrogens with zero attached hydrogens (tertiary/aromatic N) is 1. The Morgan fingerprint density at radius 2 is 1.92 bits per heavy atom. The van der Waals surface area contributed by atoms with Crippen LogP contribution in [0.5, 0.6) is 0 Å². The second-order valence-corrected chi connectivity index (χ2v) is 7.32. The highest BCUT2D eigenvalue weighted by Crippen LogP contribution is 2.23. The first-order valence-corrected chi connectivity index (χ1v) is 9.64. The largest absolute Gasteiger partial charge is 0.452 e. The number of ether oxygens (including phenoxy) is 1. The zero-order valence-corrected chi connectivity index (χ0v) is 15.6. The molecule has 6 nitrogen and oxygen atoms in total. The minimum Gasteiger partial charge on any atom is -0.452 e. The molecule has 0 aliphatic carbocycles. The minimum absolute atomic E-state index is 0.0116. The number of hydrogen-bond acceptors (Lipinski definition) is 5. The summed E-state index contributed by atoms with van der Waals surface area (Å²) in [5.41, 5.74) is 0. The van der Waals surface area contributed by atoms with Crippen molar-refractivity contribution in [2.24, 2.45) is 0 Å². The molecule has 0 saturated carbocycles. The molecular weight excluding hydrogens is 340 g/mol. The van der Waals surface area contributed by atoms with Crippen molar-refractivity contribution in [2.45, 2.75) is 58.1 Å². The zero-order valence-electron chi connectivity index (χ0n) is 14.8. The maximum Gasteiger partial charge on any atom is 0.309 e. The van der Waals surface area contributed by atoms with Gasteiger partial charge in [0.25, 0.3) is 5.91 Å². The Morgan fingerprint density at radius 1 is 1.24 bits per heavy atom. The number of carbonyl (C=O) groups excluding carboxylic acids is 3. The van der Waals surface area contributed by atoms with Crippen LogP contribution in [0.4, 0.5) is 0 Å². The molecule has 1 aromatic heterocycles. The van der Waals surface area contributed by atoms with Crippen LogP contribution in [-0.4, -0.2) is 41.9 Å². The third-order valence-corrected chi connectivity index (χ3v) is 5.19. The van der Waals surface area contributed by atoms with Crippen molar-refractivity contribution < 1.29 is 19.1 Å². The number of hydrogen-bond donors (Lipinski definition) is 1. The summed E-state index contributed by atoms with van der Waals surface area (Å²) in [4.78, 5) is 38.8. The van der Waals surface area contributed by atoms with Crippen molar-refractivity contribution >= 4 is 29.1 Å². The van der Waals surface area contributed by atoms with Gasteiger partial charge in [0.05, 0.1) is 12.5 Å². The molecule has 1 aliphatic rings. The summed E-state index contributed by atoms with van der Waals surface area (Å²) in [5, 5.41) is 4.65. The summed E-state index contributed by atoms with van der Waals surface area (Å²) >= 11 is 1.47. The molecular formula is C18H26N2O4S. The molecule has 0 radical (unpaired) electrons. The van der Waals surface area contributed by atoms with Gasteiger partial charge in [-0.25, -0.2) is 0 Å². The average Bonchev–Trinajstić information content (AvgIpc) is 2.95. The monoisotopic (exact) mass is 366 g/mol. The molecule has 2 atom stereocenters. The molecule has 0 bridgehead atoms. The lowest BCUT2D eigenvalue weighted by molar-refractivity contribution is -0.159. The molecule has 1 saturated heterocycles. The van der Waals surface area contributed by atoms with E-state index in [1.807, 2.05) is 17.5 Å². The molecule has 138 valence electrons. The molecule has 0 unspecified atom stereocenters. The number of esters is 1. The third-order valence-electron chi connectivity index (χ3n) is 4.21. The van der Waals surface area contributed by atoms with Gasteiger partial charge in [0, 0.05) is 24.9 Å². The highest BCUT2D eigenvalue weighted by atomic mass is 32.1. The first-order chi connectivity index (χ1) is 12.0. The third kappa shape index (κ3) is 6.16. The van der Waals surface area contributed by atoms with Gasteiger partial charge >= 0.3 is 5.97 Å². The maximum absolute atomic E-state index is 12.5. The van der Waals surface area contributed by atoms with Gasteiger partial charge in [-0.05, 0) is 31.2 Å². The Bertz CT molecular complexity index is 580. The standard InChI is InChI=1S/C18H26N2O4S/c1-13(18(23)20-9-5-3-4-6-10-20)24-17(22)12-15(19-14(2)21)16-8-7-11-25-16/h7-8,11,13,15H,3-6,9-10,12H2,1-2H3,(H,19,21)/t13-,15+/m0/s1. The zero-order chi connectivity index (χ0) is 18.2. The molecule has 1 aromatic rings. The molecule has 0 aromatic carbocycles. The lowest BCUT2D eigenvalue weighted by Crippen LogP contribution is -2.40. The van der Waals surface area contributed by atoms with Crippen LogP contribution in [0.25, 0.3) is 0 Å². The highest BCUT2D eigenvalue weighted by molar-refractivity contribution is 7.10. The lowest BCUT2D eigenvalue weighted by atomic mass is 10.1. The van der Waals surface area contributed by atoms with Gasteiger partial charge in [-0.2, -0.15) is 0 Å². The Kier molecular flexibility index (Phi) is 7.43. The van der Waals surface area contributed by atoms with Gasteiger partial charge in [0.1, 0.15) is 0 Å². The fourth-order valence-electron chi connectivity index (χ4n) is 2.97. The van der Waals surface area contributed by atoms with Crippen LogP contribution in [-0.2, 0) is 19.1 Å². The van der Waals surface area contributed by atoms with Crippen LogP contribution in [0.15, 0.2) is 17.5 Å². The van der Waals surface area contributed by atoms with Gasteiger partial charge in [-0.3, -0.25) is 14.4 Å². The molecule has 1 aliphatic heterocycles. The topological polar surface area (TPSA) is 75.7 Å². The second-order valence-electron chi connectivity index (χ2n) is 6.34. The van der Waals surface area contributed by atoms with Gasteiger partial charge in [0.15, 0.2) is 6.10 Å². The van der Waals surface area contributed by atoms with E-state index in [9.17, 15) is 14.4 Å². The summed E-state index contributed by atoms with van der Waals surface area (Å²) in [7, 11) is 0. The minimum atomic E-state index is -0.799. The molecule has 1 N–H and O–H groups in total. The van der Waals surface area contributed by atoms with Gasteiger partial charge < -0.3 is 15.0 Å². The smallest absolute Gasteiger partial charge is 0.309 e. The van der Waals surface area contributed by atoms with Crippen LogP contribution in [0.2, 0.25) is 0 Å². The van der Waals surface area contributed by atoms with Crippen LogP contribution < -0.4 is 5.32 Å². The Balaban J connectivity index is 1.90. The predicted molar refractivity (Wildman–Crippen MR) is 96.1 cm³/mol.